The van der Waals surface area contributed by atoms with E-state index in [1.807, 2.05) is 31.2 Å². The summed E-state index contributed by atoms with van der Waals surface area (Å²) in [7, 11) is 0. The molecule has 1 aliphatic heterocycles. The first kappa shape index (κ1) is 17.6. The summed E-state index contributed by atoms with van der Waals surface area (Å²) in [6.45, 7) is 3.30. The molecular weight excluding hydrogens is 312 g/mol. The average molecular weight is 334 g/mol. The van der Waals surface area contributed by atoms with Gasteiger partial charge in [-0.05, 0) is 31.0 Å². The number of aliphatic carboxylic acids is 1. The first-order chi connectivity index (χ1) is 11.5. The highest BCUT2D eigenvalue weighted by Crippen LogP contribution is 2.20. The van der Waals surface area contributed by atoms with Gasteiger partial charge in [0.2, 0.25) is 0 Å². The number of carboxylic acid groups (broad SMARTS) is 1. The maximum absolute atomic E-state index is 11.8. The largest absolute Gasteiger partial charge is 0.481 e. The van der Waals surface area contributed by atoms with E-state index < -0.39 is 12.0 Å². The summed E-state index contributed by atoms with van der Waals surface area (Å²) >= 11 is 0. The van der Waals surface area contributed by atoms with Gasteiger partial charge in [0.25, 0.3) is 0 Å². The summed E-state index contributed by atoms with van der Waals surface area (Å²) < 4.78 is 0. The highest BCUT2D eigenvalue weighted by atomic mass is 16.4. The Morgan fingerprint density at radius 3 is 2.67 bits per heavy atom. The van der Waals surface area contributed by atoms with Crippen LogP contribution in [-0.4, -0.2) is 42.8 Å². The van der Waals surface area contributed by atoms with Crippen LogP contribution in [0.5, 0.6) is 0 Å². The second kappa shape index (κ2) is 8.19. The van der Waals surface area contributed by atoms with Crippen molar-refractivity contribution in [2.24, 2.45) is 0 Å². The predicted octanol–water partition coefficient (Wildman–Crippen LogP) is 1.44. The van der Waals surface area contributed by atoms with E-state index in [9.17, 15) is 14.4 Å². The maximum atomic E-state index is 11.8. The first-order valence-electron chi connectivity index (χ1n) is 7.89. The summed E-state index contributed by atoms with van der Waals surface area (Å²) in [5, 5.41) is 16.6. The molecule has 0 aromatic heterocycles. The van der Waals surface area contributed by atoms with E-state index in [-0.39, 0.29) is 25.0 Å². The van der Waals surface area contributed by atoms with Crippen LogP contribution < -0.4 is 20.9 Å². The van der Waals surface area contributed by atoms with Crippen molar-refractivity contribution in [1.29, 1.82) is 0 Å². The van der Waals surface area contributed by atoms with Gasteiger partial charge < -0.3 is 21.1 Å². The van der Waals surface area contributed by atoms with Gasteiger partial charge in [0.05, 0.1) is 12.5 Å². The average Bonchev–Trinajstić information content (AvgIpc) is 2.55. The molecule has 4 amide bonds. The van der Waals surface area contributed by atoms with E-state index in [0.717, 1.165) is 17.7 Å². The van der Waals surface area contributed by atoms with E-state index in [1.165, 1.54) is 0 Å². The van der Waals surface area contributed by atoms with Crippen LogP contribution in [0, 0.1) is 0 Å². The zero-order valence-corrected chi connectivity index (χ0v) is 13.5. The van der Waals surface area contributed by atoms with Crippen molar-refractivity contribution >= 4 is 23.7 Å². The van der Waals surface area contributed by atoms with Crippen LogP contribution in [0.25, 0.3) is 0 Å². The van der Waals surface area contributed by atoms with Gasteiger partial charge in [-0.1, -0.05) is 12.1 Å². The molecule has 1 aromatic rings. The van der Waals surface area contributed by atoms with Gasteiger partial charge in [-0.2, -0.15) is 0 Å². The van der Waals surface area contributed by atoms with Crippen molar-refractivity contribution in [2.75, 3.05) is 24.5 Å². The number of carboxylic acids is 1. The number of nitrogens with zero attached hydrogens (tertiary/aromatic N) is 1. The van der Waals surface area contributed by atoms with Crippen molar-refractivity contribution in [2.45, 2.75) is 25.8 Å². The third-order valence-corrected chi connectivity index (χ3v) is 3.76. The molecule has 0 radical (unpaired) electrons. The lowest BCUT2D eigenvalue weighted by molar-refractivity contribution is -0.136. The number of nitrogens with one attached hydrogen (secondary N) is 3. The summed E-state index contributed by atoms with van der Waals surface area (Å²) in [5.74, 6) is -0.958. The van der Waals surface area contributed by atoms with Gasteiger partial charge in [0.1, 0.15) is 0 Å². The van der Waals surface area contributed by atoms with Crippen molar-refractivity contribution in [3.8, 4) is 0 Å². The molecule has 1 heterocycles. The van der Waals surface area contributed by atoms with Crippen LogP contribution in [0.2, 0.25) is 0 Å². The second-order valence-corrected chi connectivity index (χ2v) is 5.59. The molecule has 1 fully saturated rings. The first-order valence-corrected chi connectivity index (χ1v) is 7.89. The second-order valence-electron chi connectivity index (χ2n) is 5.59. The number of benzene rings is 1. The highest BCUT2D eigenvalue weighted by molar-refractivity contribution is 5.92. The highest BCUT2D eigenvalue weighted by Gasteiger charge is 2.19. The van der Waals surface area contributed by atoms with Crippen LogP contribution in [0.4, 0.5) is 15.3 Å². The van der Waals surface area contributed by atoms with Crippen LogP contribution >= 0.6 is 0 Å². The van der Waals surface area contributed by atoms with Crippen molar-refractivity contribution in [3.63, 3.8) is 0 Å². The van der Waals surface area contributed by atoms with Crippen LogP contribution in [0.15, 0.2) is 24.3 Å². The molecule has 130 valence electrons. The Labute approximate surface area is 140 Å². The molecule has 1 aromatic carbocycles. The Morgan fingerprint density at radius 1 is 1.33 bits per heavy atom. The predicted molar refractivity (Wildman–Crippen MR) is 89.0 cm³/mol. The molecule has 2 rings (SSSR count). The lowest BCUT2D eigenvalue weighted by Crippen LogP contribution is -2.46. The van der Waals surface area contributed by atoms with E-state index in [4.69, 9.17) is 5.11 Å². The third kappa shape index (κ3) is 4.87. The zero-order chi connectivity index (χ0) is 17.5. The molecule has 1 unspecified atom stereocenters. The van der Waals surface area contributed by atoms with Gasteiger partial charge in [0, 0.05) is 25.3 Å². The number of hydrogen-bond donors (Lipinski definition) is 4. The molecule has 0 spiro atoms. The molecular formula is C16H22N4O4. The summed E-state index contributed by atoms with van der Waals surface area (Å²) in [6.07, 6.45) is 0.788. The Hall–Kier alpha value is -2.77. The minimum Gasteiger partial charge on any atom is -0.481 e. The summed E-state index contributed by atoms with van der Waals surface area (Å²) in [6, 6.07) is 6.67. The SMILES string of the molecule is CC(NC(=O)NCCC(=O)O)c1ccc(N2CCCNC2=O)cc1. The number of carbonyl (C=O) groups is 3. The Kier molecular flexibility index (Phi) is 6.00. The number of anilines is 1. The summed E-state index contributed by atoms with van der Waals surface area (Å²) in [5.41, 5.74) is 1.71. The smallest absolute Gasteiger partial charge is 0.321 e. The van der Waals surface area contributed by atoms with Crippen LogP contribution in [-0.2, 0) is 4.79 Å². The van der Waals surface area contributed by atoms with Crippen molar-refractivity contribution < 1.29 is 19.5 Å². The number of hydrogen-bond acceptors (Lipinski definition) is 3. The molecule has 8 heteroatoms. The molecule has 8 nitrogen and oxygen atoms in total. The third-order valence-electron chi connectivity index (χ3n) is 3.76. The molecule has 1 aliphatic rings. The van der Waals surface area contributed by atoms with Crippen LogP contribution in [0.3, 0.4) is 0 Å². The molecule has 24 heavy (non-hydrogen) atoms. The van der Waals surface area contributed by atoms with E-state index >= 15 is 0 Å². The Bertz CT molecular complexity index is 603. The number of carbonyl (C=O) groups excluding carboxylic acids is 2. The summed E-state index contributed by atoms with van der Waals surface area (Å²) in [4.78, 5) is 35.6. The fourth-order valence-electron chi connectivity index (χ4n) is 2.43. The molecule has 0 bridgehead atoms. The van der Waals surface area contributed by atoms with E-state index in [2.05, 4.69) is 16.0 Å². The number of urea groups is 2. The molecule has 0 aliphatic carbocycles. The van der Waals surface area contributed by atoms with Crippen LogP contribution in [0.1, 0.15) is 31.4 Å². The quantitative estimate of drug-likeness (QED) is 0.631. The molecule has 1 atom stereocenters. The Balaban J connectivity index is 1.88. The Morgan fingerprint density at radius 2 is 2.04 bits per heavy atom. The van der Waals surface area contributed by atoms with E-state index in [1.54, 1.807) is 4.90 Å². The topological polar surface area (TPSA) is 111 Å². The minimum atomic E-state index is -0.958. The zero-order valence-electron chi connectivity index (χ0n) is 13.5. The maximum Gasteiger partial charge on any atom is 0.321 e. The van der Waals surface area contributed by atoms with Crippen molar-refractivity contribution in [3.05, 3.63) is 29.8 Å². The minimum absolute atomic E-state index is 0.0803. The van der Waals surface area contributed by atoms with Gasteiger partial charge >= 0.3 is 18.0 Å². The van der Waals surface area contributed by atoms with Gasteiger partial charge in [-0.3, -0.25) is 9.69 Å². The fourth-order valence-corrected chi connectivity index (χ4v) is 2.43. The number of amides is 4. The molecule has 1 saturated heterocycles. The number of rotatable bonds is 6. The van der Waals surface area contributed by atoms with E-state index in [0.29, 0.717) is 13.1 Å². The van der Waals surface area contributed by atoms with Crippen molar-refractivity contribution in [1.82, 2.24) is 16.0 Å². The standard InChI is InChI=1S/C16H22N4O4/c1-11(19-15(23)17-9-7-14(21)22)12-3-5-13(6-4-12)20-10-2-8-18-16(20)24/h3-6,11H,2,7-10H2,1H3,(H,18,24)(H,21,22)(H2,17,19,23). The van der Waals surface area contributed by atoms with Gasteiger partial charge in [-0.25, -0.2) is 9.59 Å². The fraction of sp³-hybridized carbons (Fsp3) is 0.438. The molecule has 4 N–H and O–H groups in total. The van der Waals surface area contributed by atoms with Gasteiger partial charge in [0.15, 0.2) is 0 Å². The van der Waals surface area contributed by atoms with Gasteiger partial charge in [-0.15, -0.1) is 0 Å². The normalized spacial score (nSPS) is 15.4. The monoisotopic (exact) mass is 334 g/mol. The lowest BCUT2D eigenvalue weighted by atomic mass is 10.1. The molecule has 0 saturated carbocycles. The lowest BCUT2D eigenvalue weighted by Gasteiger charge is -2.27.